The van der Waals surface area contributed by atoms with Gasteiger partial charge in [0.05, 0.1) is 6.61 Å². The van der Waals surface area contributed by atoms with Crippen molar-refractivity contribution in [3.05, 3.63) is 0 Å². The molecule has 0 aromatic heterocycles. The zero-order chi connectivity index (χ0) is 11.1. The van der Waals surface area contributed by atoms with Crippen molar-refractivity contribution in [2.45, 2.75) is 25.8 Å². The fourth-order valence-corrected chi connectivity index (χ4v) is 3.60. The molecule has 2 unspecified atom stereocenters. The average Bonchev–Trinajstić information content (AvgIpc) is 2.66. The van der Waals surface area contributed by atoms with E-state index in [-0.39, 0.29) is 16.8 Å². The number of amides is 1. The Morgan fingerprint density at radius 1 is 1.80 bits per heavy atom. The first-order chi connectivity index (χ1) is 7.26. The number of nitrogens with one attached hydrogen (secondary N) is 2. The van der Waals surface area contributed by atoms with Gasteiger partial charge in [0.1, 0.15) is 0 Å². The number of alkyl halides is 1. The molecule has 0 spiro atoms. The second kappa shape index (κ2) is 7.45. The van der Waals surface area contributed by atoms with Gasteiger partial charge in [0.25, 0.3) is 0 Å². The lowest BCUT2D eigenvalue weighted by Gasteiger charge is -2.08. The largest absolute Gasteiger partial charge is 0.449 e. The molecule has 0 aliphatic carbocycles. The van der Waals surface area contributed by atoms with E-state index < -0.39 is 0 Å². The molecule has 0 aromatic carbocycles. The van der Waals surface area contributed by atoms with E-state index in [9.17, 15) is 4.79 Å². The van der Waals surface area contributed by atoms with Gasteiger partial charge in [0.15, 0.2) is 0 Å². The first kappa shape index (κ1) is 13.2. The summed E-state index contributed by atoms with van der Waals surface area (Å²) in [6, 6.07) is 0.491. The van der Waals surface area contributed by atoms with Crippen molar-refractivity contribution in [1.82, 2.24) is 10.0 Å². The van der Waals surface area contributed by atoms with E-state index in [1.54, 1.807) is 0 Å². The highest BCUT2D eigenvalue weighted by atomic mass is 127. The fourth-order valence-electron chi connectivity index (χ4n) is 1.10. The molecular formula is C9H17IN2O2S. The summed E-state index contributed by atoms with van der Waals surface area (Å²) in [5.41, 5.74) is 1.96. The van der Waals surface area contributed by atoms with E-state index in [1.807, 2.05) is 5.49 Å². The zero-order valence-corrected chi connectivity index (χ0v) is 11.8. The molecule has 0 bridgehead atoms. The molecule has 0 fully saturated rings. The summed E-state index contributed by atoms with van der Waals surface area (Å²) < 4.78 is 8.93. The van der Waals surface area contributed by atoms with E-state index in [1.165, 1.54) is 0 Å². The lowest BCUT2D eigenvalue weighted by Crippen LogP contribution is -2.26. The van der Waals surface area contributed by atoms with Crippen molar-refractivity contribution in [3.8, 4) is 0 Å². The average molecular weight is 344 g/mol. The number of hydrogen-bond donors (Lipinski definition) is 2. The lowest BCUT2D eigenvalue weighted by molar-refractivity contribution is 0.151. The Morgan fingerprint density at radius 2 is 2.60 bits per heavy atom. The van der Waals surface area contributed by atoms with Crippen LogP contribution in [0.25, 0.3) is 0 Å². The number of carbonyl (C=O) groups excluding carboxylic acids is 1. The highest BCUT2D eigenvalue weighted by Gasteiger charge is 2.16. The molecule has 1 rings (SSSR count). The van der Waals surface area contributed by atoms with Crippen LogP contribution in [0.5, 0.6) is 0 Å². The Morgan fingerprint density at radius 3 is 3.20 bits per heavy atom. The first-order valence-electron chi connectivity index (χ1n) is 5.04. The molecule has 0 radical (unpaired) electrons. The maximum Gasteiger partial charge on any atom is 0.416 e. The molecule has 1 heterocycles. The first-order valence-corrected chi connectivity index (χ1v) is 8.03. The molecule has 15 heavy (non-hydrogen) atoms. The van der Waals surface area contributed by atoms with Gasteiger partial charge >= 0.3 is 6.09 Å². The maximum absolute atomic E-state index is 11.3. The number of halogens is 1. The molecule has 2 atom stereocenters. The molecule has 0 saturated heterocycles. The second-order valence-electron chi connectivity index (χ2n) is 3.32. The zero-order valence-electron chi connectivity index (χ0n) is 8.79. The van der Waals surface area contributed by atoms with Crippen molar-refractivity contribution in [1.29, 1.82) is 0 Å². The van der Waals surface area contributed by atoms with Gasteiger partial charge in [0, 0.05) is 21.7 Å². The Hall–Kier alpha value is 0.180. The molecule has 0 saturated carbocycles. The molecule has 1 aliphatic heterocycles. The van der Waals surface area contributed by atoms with Crippen molar-refractivity contribution < 1.29 is 9.53 Å². The van der Waals surface area contributed by atoms with Crippen molar-refractivity contribution in [2.24, 2.45) is 0 Å². The molecule has 4 nitrogen and oxygen atoms in total. The Bertz CT molecular complexity index is 248. The summed E-state index contributed by atoms with van der Waals surface area (Å²) in [6.45, 7) is 2.59. The third-order valence-corrected chi connectivity index (χ3v) is 4.63. The Balaban J connectivity index is 2.16. The number of ether oxygens (including phenoxy) is 1. The minimum atomic E-state index is -0.293. The highest BCUT2D eigenvalue weighted by molar-refractivity contribution is 14.1. The number of unbranched alkanes of at least 4 members (excludes halogenated alkanes) is 1. The second-order valence-corrected chi connectivity index (χ2v) is 5.83. The normalized spacial score (nSPS) is 24.7. The highest BCUT2D eigenvalue weighted by Crippen LogP contribution is 2.14. The van der Waals surface area contributed by atoms with Crippen LogP contribution in [0.1, 0.15) is 19.8 Å². The van der Waals surface area contributed by atoms with Gasteiger partial charge < -0.3 is 4.74 Å². The molecular weight excluding hydrogens is 327 g/mol. The molecule has 1 aliphatic rings. The standard InChI is InChI=1S/C9H17IN2O2S/c1-2-3-4-14-9(13)12-15-6-8(5-10)11-7-15/h7-8,11H,2-6H2,1H3,(H,12,13). The van der Waals surface area contributed by atoms with Crippen molar-refractivity contribution in [2.75, 3.05) is 16.8 Å². The Labute approximate surface area is 107 Å². The number of hydrogen-bond acceptors (Lipinski definition) is 3. The molecule has 1 amide bonds. The minimum Gasteiger partial charge on any atom is -0.449 e. The SMILES string of the molecule is CCCCOC(=O)NS1=CNC(CI)C1. The number of carbonyl (C=O) groups is 1. The molecule has 6 heteroatoms. The van der Waals surface area contributed by atoms with Crippen LogP contribution in [0, 0.1) is 0 Å². The Kier molecular flexibility index (Phi) is 6.58. The molecule has 0 aromatic rings. The summed E-state index contributed by atoms with van der Waals surface area (Å²) in [7, 11) is -0.158. The summed E-state index contributed by atoms with van der Waals surface area (Å²) >= 11 is 2.34. The van der Waals surface area contributed by atoms with E-state index in [4.69, 9.17) is 4.74 Å². The molecule has 88 valence electrons. The summed E-state index contributed by atoms with van der Waals surface area (Å²) in [5.74, 6) is 0.978. The van der Waals surface area contributed by atoms with E-state index in [0.717, 1.165) is 23.0 Å². The predicted octanol–water partition coefficient (Wildman–Crippen LogP) is 1.86. The lowest BCUT2D eigenvalue weighted by atomic mass is 10.4. The fraction of sp³-hybridized carbons (Fsp3) is 0.778. The van der Waals surface area contributed by atoms with Gasteiger partial charge in [-0.25, -0.2) is 4.79 Å². The third kappa shape index (κ3) is 5.17. The van der Waals surface area contributed by atoms with Crippen LogP contribution in [0.2, 0.25) is 0 Å². The van der Waals surface area contributed by atoms with Gasteiger partial charge in [-0.2, -0.15) is 0 Å². The summed E-state index contributed by atoms with van der Waals surface area (Å²) in [5, 5.41) is 3.24. The van der Waals surface area contributed by atoms with E-state index in [0.29, 0.717) is 12.6 Å². The van der Waals surface area contributed by atoms with Crippen LogP contribution >= 0.6 is 33.3 Å². The van der Waals surface area contributed by atoms with Crippen molar-refractivity contribution in [3.63, 3.8) is 0 Å². The van der Waals surface area contributed by atoms with Crippen LogP contribution in [-0.4, -0.2) is 34.4 Å². The van der Waals surface area contributed by atoms with E-state index in [2.05, 4.69) is 39.6 Å². The van der Waals surface area contributed by atoms with Crippen LogP contribution in [0.3, 0.4) is 0 Å². The van der Waals surface area contributed by atoms with Crippen LogP contribution in [0.4, 0.5) is 4.79 Å². The quantitative estimate of drug-likeness (QED) is 0.346. The smallest absolute Gasteiger partial charge is 0.416 e. The van der Waals surface area contributed by atoms with Gasteiger partial charge in [-0.1, -0.05) is 46.6 Å². The summed E-state index contributed by atoms with van der Waals surface area (Å²) in [4.78, 5) is 11.3. The number of rotatable bonds is 5. The molecule has 2 N–H and O–H groups in total. The topological polar surface area (TPSA) is 50.4 Å². The van der Waals surface area contributed by atoms with Gasteiger partial charge in [-0.05, 0) is 6.42 Å². The monoisotopic (exact) mass is 344 g/mol. The van der Waals surface area contributed by atoms with Crippen molar-refractivity contribution >= 4 is 44.8 Å². The predicted molar refractivity (Wildman–Crippen MR) is 73.7 cm³/mol. The summed E-state index contributed by atoms with van der Waals surface area (Å²) in [6.07, 6.45) is 1.68. The van der Waals surface area contributed by atoms with Crippen LogP contribution in [-0.2, 0) is 4.74 Å². The van der Waals surface area contributed by atoms with Gasteiger partial charge in [0.2, 0.25) is 0 Å². The van der Waals surface area contributed by atoms with Crippen LogP contribution in [0.15, 0.2) is 0 Å². The third-order valence-electron chi connectivity index (χ3n) is 1.96. The van der Waals surface area contributed by atoms with Gasteiger partial charge in [-0.3, -0.25) is 10.0 Å². The van der Waals surface area contributed by atoms with Gasteiger partial charge in [-0.15, -0.1) is 0 Å². The van der Waals surface area contributed by atoms with Crippen LogP contribution < -0.4 is 10.0 Å². The van der Waals surface area contributed by atoms with E-state index >= 15 is 0 Å². The maximum atomic E-state index is 11.3. The minimum absolute atomic E-state index is 0.158.